The molecule has 8 nitrogen and oxygen atoms in total. The van der Waals surface area contributed by atoms with Gasteiger partial charge in [-0.15, -0.1) is 0 Å². The first kappa shape index (κ1) is 18.3. The zero-order valence-electron chi connectivity index (χ0n) is 12.8. The fraction of sp³-hybridized carbons (Fsp3) is 0.583. The molecule has 2 aliphatic rings. The lowest BCUT2D eigenvalue weighted by Gasteiger charge is -2.31. The maximum atomic E-state index is 12.4. The zero-order valence-corrected chi connectivity index (χ0v) is 15.3. The van der Waals surface area contributed by atoms with Crippen molar-refractivity contribution in [3.63, 3.8) is 0 Å². The number of hydrogen-bond donors (Lipinski definition) is 1. The normalized spacial score (nSPS) is 26.5. The monoisotopic (exact) mass is 382 g/mol. The van der Waals surface area contributed by atoms with Crippen LogP contribution in [0.4, 0.5) is 4.79 Å². The number of nitrogens with zero attached hydrogens (tertiary/aromatic N) is 1. The van der Waals surface area contributed by atoms with Gasteiger partial charge < -0.3 is 4.74 Å². The quantitative estimate of drug-likeness (QED) is 0.763. The molecule has 0 radical (unpaired) electrons. The van der Waals surface area contributed by atoms with E-state index in [0.29, 0.717) is 17.3 Å². The van der Waals surface area contributed by atoms with Crippen molar-refractivity contribution >= 4 is 37.7 Å². The van der Waals surface area contributed by atoms with Gasteiger partial charge in [-0.1, -0.05) is 11.8 Å². The Morgan fingerprint density at radius 2 is 2.13 bits per heavy atom. The molecular formula is C12H18N2O6S3. The molecule has 0 spiro atoms. The van der Waals surface area contributed by atoms with Crippen LogP contribution >= 0.6 is 11.8 Å². The van der Waals surface area contributed by atoms with Gasteiger partial charge in [-0.25, -0.2) is 26.8 Å². The summed E-state index contributed by atoms with van der Waals surface area (Å²) in [4.78, 5) is 13.2. The van der Waals surface area contributed by atoms with Gasteiger partial charge in [-0.3, -0.25) is 4.90 Å². The number of sulfone groups is 1. The smallest absolute Gasteiger partial charge is 0.410 e. The molecule has 0 aromatic heterocycles. The molecule has 23 heavy (non-hydrogen) atoms. The molecule has 0 saturated carbocycles. The zero-order chi connectivity index (χ0) is 17.6. The van der Waals surface area contributed by atoms with Crippen molar-refractivity contribution in [2.75, 3.05) is 13.7 Å². The van der Waals surface area contributed by atoms with Crippen molar-refractivity contribution in [2.45, 2.75) is 31.6 Å². The molecule has 0 fully saturated rings. The van der Waals surface area contributed by atoms with Gasteiger partial charge in [0, 0.05) is 6.54 Å². The van der Waals surface area contributed by atoms with E-state index in [9.17, 15) is 21.6 Å². The summed E-state index contributed by atoms with van der Waals surface area (Å²) in [6.45, 7) is 3.47. The van der Waals surface area contributed by atoms with Crippen LogP contribution in [0.2, 0.25) is 0 Å². The van der Waals surface area contributed by atoms with Crippen molar-refractivity contribution in [1.82, 2.24) is 4.90 Å². The number of nitrogens with two attached hydrogens (primary N) is 1. The molecule has 11 heteroatoms. The second kappa shape index (κ2) is 6.11. The number of methoxy groups -OCH3 is 1. The van der Waals surface area contributed by atoms with Gasteiger partial charge in [0.05, 0.1) is 18.4 Å². The van der Waals surface area contributed by atoms with Crippen molar-refractivity contribution in [1.29, 1.82) is 0 Å². The number of hydrogen-bond acceptors (Lipinski definition) is 7. The molecular weight excluding hydrogens is 364 g/mol. The molecule has 2 rings (SSSR count). The first-order valence-corrected chi connectivity index (χ1v) is 10.7. The number of likely N-dealkylation sites (N-methyl/N-ethyl adjacent to an activating group) is 1. The van der Waals surface area contributed by atoms with Crippen LogP contribution in [0, 0.1) is 0 Å². The highest BCUT2D eigenvalue weighted by molar-refractivity contribution is 8.27. The Morgan fingerprint density at radius 3 is 2.61 bits per heavy atom. The van der Waals surface area contributed by atoms with E-state index in [1.54, 1.807) is 13.8 Å². The Hall–Kier alpha value is -1.04. The molecule has 2 N–H and O–H groups in total. The third-order valence-corrected chi connectivity index (χ3v) is 9.15. The van der Waals surface area contributed by atoms with E-state index in [1.807, 2.05) is 0 Å². The average Bonchev–Trinajstić information content (AvgIpc) is 2.69. The molecule has 0 bridgehead atoms. The number of carbonyl (C=O) groups is 1. The number of sulfonamides is 1. The number of primary sulfonamides is 1. The first-order valence-electron chi connectivity index (χ1n) is 6.78. The Balaban J connectivity index is 2.62. The third kappa shape index (κ3) is 3.14. The summed E-state index contributed by atoms with van der Waals surface area (Å²) in [5.74, 6) is 0. The van der Waals surface area contributed by atoms with E-state index in [-0.39, 0.29) is 21.4 Å². The van der Waals surface area contributed by atoms with Crippen LogP contribution in [0.3, 0.4) is 0 Å². The summed E-state index contributed by atoms with van der Waals surface area (Å²) >= 11 is 0.632. The highest BCUT2D eigenvalue weighted by atomic mass is 32.3. The number of rotatable bonds is 3. The predicted octanol–water partition coefficient (Wildman–Crippen LogP) is 0.739. The minimum Gasteiger partial charge on any atom is -0.453 e. The Kier molecular flexibility index (Phi) is 4.86. The Bertz CT molecular complexity index is 797. The van der Waals surface area contributed by atoms with Crippen molar-refractivity contribution < 1.29 is 26.4 Å². The minimum atomic E-state index is -4.09. The fourth-order valence-corrected chi connectivity index (χ4v) is 7.04. The minimum absolute atomic E-state index is 0.0242. The van der Waals surface area contributed by atoms with Crippen LogP contribution in [-0.2, 0) is 24.6 Å². The number of amides is 1. The van der Waals surface area contributed by atoms with E-state index < -0.39 is 37.2 Å². The molecule has 2 aliphatic heterocycles. The van der Waals surface area contributed by atoms with E-state index in [0.717, 1.165) is 0 Å². The maximum Gasteiger partial charge on any atom is 0.410 e. The van der Waals surface area contributed by atoms with Crippen molar-refractivity contribution in [3.8, 4) is 0 Å². The van der Waals surface area contributed by atoms with Gasteiger partial charge in [-0.05, 0) is 31.9 Å². The largest absolute Gasteiger partial charge is 0.453 e. The molecule has 0 unspecified atom stereocenters. The van der Waals surface area contributed by atoms with Gasteiger partial charge in [0.25, 0.3) is 0 Å². The van der Waals surface area contributed by atoms with Crippen LogP contribution in [0.25, 0.3) is 0 Å². The SMILES string of the molecule is CCN(C(=O)OC)[C@H]1C=C(S(N)(=O)=O)SC2=C1C[C@H](C)S2(=O)=O. The van der Waals surface area contributed by atoms with Crippen LogP contribution in [-0.4, -0.2) is 52.8 Å². The van der Waals surface area contributed by atoms with E-state index in [1.165, 1.54) is 18.1 Å². The second-order valence-electron chi connectivity index (χ2n) is 5.21. The number of carbonyl (C=O) groups excluding carboxylic acids is 1. The van der Waals surface area contributed by atoms with Gasteiger partial charge in [0.15, 0.2) is 9.84 Å². The summed E-state index contributed by atoms with van der Waals surface area (Å²) < 4.78 is 52.6. The number of ether oxygens (including phenoxy) is 1. The molecule has 0 aromatic carbocycles. The van der Waals surface area contributed by atoms with Gasteiger partial charge in [0.2, 0.25) is 10.0 Å². The molecule has 2 heterocycles. The van der Waals surface area contributed by atoms with Gasteiger partial charge >= 0.3 is 6.09 Å². The molecule has 0 aromatic rings. The lowest BCUT2D eigenvalue weighted by Crippen LogP contribution is -2.41. The molecule has 130 valence electrons. The van der Waals surface area contributed by atoms with E-state index >= 15 is 0 Å². The predicted molar refractivity (Wildman–Crippen MR) is 87.4 cm³/mol. The van der Waals surface area contributed by atoms with E-state index in [4.69, 9.17) is 9.88 Å². The third-order valence-electron chi connectivity index (χ3n) is 3.77. The van der Waals surface area contributed by atoms with Crippen LogP contribution < -0.4 is 5.14 Å². The van der Waals surface area contributed by atoms with Crippen LogP contribution in [0.15, 0.2) is 20.1 Å². The lowest BCUT2D eigenvalue weighted by molar-refractivity contribution is 0.120. The highest BCUT2D eigenvalue weighted by Crippen LogP contribution is 2.48. The summed E-state index contributed by atoms with van der Waals surface area (Å²) in [5.41, 5.74) is 0.502. The Labute approximate surface area is 139 Å². The van der Waals surface area contributed by atoms with Gasteiger partial charge in [-0.2, -0.15) is 0 Å². The second-order valence-corrected chi connectivity index (χ2v) is 10.6. The fourth-order valence-electron chi connectivity index (χ4n) is 2.58. The maximum absolute atomic E-state index is 12.4. The molecule has 2 atom stereocenters. The molecule has 1 amide bonds. The summed E-state index contributed by atoms with van der Waals surface area (Å²) in [7, 11) is -6.51. The summed E-state index contributed by atoms with van der Waals surface area (Å²) in [6.07, 6.45) is 0.877. The van der Waals surface area contributed by atoms with E-state index in [2.05, 4.69) is 0 Å². The topological polar surface area (TPSA) is 124 Å². The van der Waals surface area contributed by atoms with Crippen molar-refractivity contribution in [3.05, 3.63) is 20.1 Å². The summed E-state index contributed by atoms with van der Waals surface area (Å²) in [5, 5.41) is 4.49. The van der Waals surface area contributed by atoms with Crippen LogP contribution in [0.1, 0.15) is 20.3 Å². The lowest BCUT2D eigenvalue weighted by atomic mass is 10.0. The first-order chi connectivity index (χ1) is 10.5. The van der Waals surface area contributed by atoms with Crippen molar-refractivity contribution in [2.24, 2.45) is 5.14 Å². The summed E-state index contributed by atoms with van der Waals surface area (Å²) in [6, 6.07) is -0.809. The highest BCUT2D eigenvalue weighted by Gasteiger charge is 2.45. The van der Waals surface area contributed by atoms with Gasteiger partial charge in [0.1, 0.15) is 8.47 Å². The average molecular weight is 382 g/mol. The molecule has 0 aliphatic carbocycles. The van der Waals surface area contributed by atoms with Crippen LogP contribution in [0.5, 0.6) is 0 Å². The standard InChI is InChI=1S/C12H18N2O6S3/c1-4-14(12(15)20-3)9-6-10(23(13,18)19)21-11-8(9)5-7(2)22(11,16)17/h6-7,9H,4-5H2,1-3H3,(H2,13,18,19)/t7-,9-/m0/s1. The molecule has 0 saturated heterocycles. The number of thioether (sulfide) groups is 1. The Morgan fingerprint density at radius 1 is 1.52 bits per heavy atom.